The summed E-state index contributed by atoms with van der Waals surface area (Å²) in [6.45, 7) is 29.9. The summed E-state index contributed by atoms with van der Waals surface area (Å²) in [5.74, 6) is 0.556. The molecule has 7 aliphatic heterocycles. The van der Waals surface area contributed by atoms with Gasteiger partial charge < -0.3 is 78.2 Å². The van der Waals surface area contributed by atoms with E-state index in [9.17, 15) is 0 Å². The van der Waals surface area contributed by atoms with Gasteiger partial charge in [-0.1, -0.05) is 23.8 Å². The maximum absolute atomic E-state index is 8.86. The molecule has 8 rings (SSSR count). The summed E-state index contributed by atoms with van der Waals surface area (Å²) in [6.07, 6.45) is 7.79. The average molecular weight is 1120 g/mol. The fraction of sp³-hybridized carbons (Fsp3) is 0.964. The lowest BCUT2D eigenvalue weighted by atomic mass is 10.1. The van der Waals surface area contributed by atoms with Crippen LogP contribution in [0, 0.1) is 5.92 Å². The largest absolute Gasteiger partial charge is 0.396 e. The van der Waals surface area contributed by atoms with Gasteiger partial charge in [0.1, 0.15) is 11.1 Å². The minimum Gasteiger partial charge on any atom is -0.396 e. The first-order valence-corrected chi connectivity index (χ1v) is 28.7. The Bertz CT molecular complexity index is 1210. The first-order valence-electron chi connectivity index (χ1n) is 27.9. The highest BCUT2D eigenvalue weighted by Crippen LogP contribution is 2.23. The van der Waals surface area contributed by atoms with Crippen molar-refractivity contribution >= 4 is 23.2 Å². The van der Waals surface area contributed by atoms with Gasteiger partial charge in [-0.05, 0) is 170 Å². The van der Waals surface area contributed by atoms with Crippen LogP contribution < -0.4 is 0 Å². The number of aliphatic hydroxyl groups is 3. The molecule has 8 aliphatic rings. The molecule has 0 radical (unpaired) electrons. The number of hydrogen-bond acceptors (Lipinski definition) is 18. The second kappa shape index (κ2) is 48.3. The molecule has 20 heteroatoms. The Hall–Kier alpha value is -0.400. The van der Waals surface area contributed by atoms with Crippen LogP contribution in [0.4, 0.5) is 0 Å². The Morgan fingerprint density at radius 1 is 0.627 bits per heavy atom. The molecule has 1 saturated carbocycles. The number of alkyl halides is 2. The predicted octanol–water partition coefficient (Wildman–Crippen LogP) is 3.42. The molecule has 7 saturated heterocycles. The third kappa shape index (κ3) is 48.1. The number of rotatable bonds is 8. The van der Waals surface area contributed by atoms with Gasteiger partial charge >= 0.3 is 0 Å². The molecule has 0 aromatic heterocycles. The van der Waals surface area contributed by atoms with E-state index in [0.29, 0.717) is 43.9 Å². The van der Waals surface area contributed by atoms with Gasteiger partial charge in [0.15, 0.2) is 0 Å². The van der Waals surface area contributed by atoms with Crippen LogP contribution in [0.2, 0.25) is 0 Å². The van der Waals surface area contributed by atoms with Crippen LogP contribution >= 0.6 is 23.2 Å². The Morgan fingerprint density at radius 2 is 1.19 bits per heavy atom. The molecule has 18 nitrogen and oxygen atoms in total. The molecule has 452 valence electrons. The van der Waals surface area contributed by atoms with Crippen LogP contribution in [0.25, 0.3) is 0 Å². The van der Waals surface area contributed by atoms with E-state index in [0.717, 1.165) is 137 Å². The topological polar surface area (TPSA) is 139 Å². The lowest BCUT2D eigenvalue weighted by Gasteiger charge is -2.29. The van der Waals surface area contributed by atoms with Gasteiger partial charge in [0, 0.05) is 104 Å². The normalized spacial score (nSPS) is 27.7. The lowest BCUT2D eigenvalue weighted by molar-refractivity contribution is -0.00861. The summed E-state index contributed by atoms with van der Waals surface area (Å²) < 4.78 is 25.5. The van der Waals surface area contributed by atoms with Gasteiger partial charge in [-0.3, -0.25) is 9.80 Å². The van der Waals surface area contributed by atoms with Gasteiger partial charge in [-0.25, -0.2) is 0 Å². The molecule has 0 bridgehead atoms. The zero-order valence-electron chi connectivity index (χ0n) is 51.2. The Kier molecular flexibility index (Phi) is 49.4. The van der Waals surface area contributed by atoms with Crippen LogP contribution in [0.5, 0.6) is 0 Å². The monoisotopic (exact) mass is 1120 g/mol. The summed E-state index contributed by atoms with van der Waals surface area (Å²) in [5, 5.41) is 26.2. The third-order valence-electron chi connectivity index (χ3n) is 13.3. The van der Waals surface area contributed by atoms with Crippen LogP contribution in [0.1, 0.15) is 59.3 Å². The van der Waals surface area contributed by atoms with Crippen molar-refractivity contribution < 1.29 is 39.0 Å². The number of ether oxygens (including phenoxy) is 5. The van der Waals surface area contributed by atoms with Gasteiger partial charge in [-0.15, -0.1) is 11.6 Å². The SMILES string of the molecule is C=C(C)CN(C)C.CC1CN(C)CCO1.CC1COCCN1C.CN(C)C1CC1.CN1CCC(CO)C1.CN1CCC(O)C1.CN1CCCC1CO.CN1CCOC(Cl)C1.CN1CCOCC1Cl.COCCN(C)C. The summed E-state index contributed by atoms with van der Waals surface area (Å²) in [5.41, 5.74) is 1.21. The maximum Gasteiger partial charge on any atom is 0.143 e. The molecule has 0 aromatic rings. The van der Waals surface area contributed by atoms with Crippen LogP contribution in [0.3, 0.4) is 0 Å². The van der Waals surface area contributed by atoms with Crippen molar-refractivity contribution in [2.45, 2.75) is 101 Å². The van der Waals surface area contributed by atoms with Crippen molar-refractivity contribution in [3.05, 3.63) is 12.2 Å². The minimum absolute atomic E-state index is 0.0509. The third-order valence-corrected chi connectivity index (χ3v) is 14.0. The van der Waals surface area contributed by atoms with E-state index in [2.05, 4.69) is 112 Å². The van der Waals surface area contributed by atoms with E-state index < -0.39 is 0 Å². The summed E-state index contributed by atoms with van der Waals surface area (Å²) in [6, 6.07) is 2.00. The standard InChI is InChI=1S/4C6H13NO.C6H13N.2C5H10ClNO.C5H11NO.C5H13NO.C5H11N/c1-6-5-8-4-3-7(6)2;1-6-5-7(2)3-4-8-6;1-7-3-2-6(4-7)5-8;1-7-4-2-3-6(7)5-8;1-6(2)5-7(3)4;1-7-2-3-8-4-5(7)6;1-7-2-3-8-5(6)4-7;1-6-3-2-5(7)4-6;1-6(2)4-5-7-3;1-6(2)5-3-4-5/h2*6H,3-5H2,1-2H3;2*6,8H,2-5H2,1H3;1,5H2,2-4H3;2*5H,2-4H2,1H3;5,7H,2-4H2,1H3;4-5H2,1-3H3;5H,3-4H2,1-2H3. The lowest BCUT2D eigenvalue weighted by Crippen LogP contribution is -2.40. The minimum atomic E-state index is -0.0891. The van der Waals surface area contributed by atoms with Gasteiger partial charge in [0.25, 0.3) is 0 Å². The molecule has 7 heterocycles. The molecule has 7 unspecified atom stereocenters. The number of aliphatic hydroxyl groups excluding tert-OH is 3. The Labute approximate surface area is 471 Å². The quantitative estimate of drug-likeness (QED) is 0.186. The highest BCUT2D eigenvalue weighted by molar-refractivity contribution is 6.20. The van der Waals surface area contributed by atoms with Crippen LogP contribution in [-0.4, -0.2) is 349 Å². The van der Waals surface area contributed by atoms with Crippen LogP contribution in [-0.2, 0) is 23.7 Å². The van der Waals surface area contributed by atoms with E-state index in [1.54, 1.807) is 7.11 Å². The van der Waals surface area contributed by atoms with Gasteiger partial charge in [0.05, 0.1) is 65.1 Å². The first-order chi connectivity index (χ1) is 35.3. The Morgan fingerprint density at radius 3 is 1.40 bits per heavy atom. The number of halogens is 2. The predicted molar refractivity (Wildman–Crippen MR) is 316 cm³/mol. The summed E-state index contributed by atoms with van der Waals surface area (Å²) in [7, 11) is 28.6. The second-order valence-electron chi connectivity index (χ2n) is 22.3. The molecule has 0 spiro atoms. The number of morpholine rings is 4. The number of likely N-dealkylation sites (tertiary alicyclic amines) is 3. The van der Waals surface area contributed by atoms with Crippen molar-refractivity contribution in [1.82, 2.24) is 49.0 Å². The van der Waals surface area contributed by atoms with E-state index in [1.807, 2.05) is 56.3 Å². The second-order valence-corrected chi connectivity index (χ2v) is 23.3. The van der Waals surface area contributed by atoms with E-state index >= 15 is 0 Å². The number of methoxy groups -OCH3 is 1. The number of likely N-dealkylation sites (N-methyl/N-ethyl adjacent to an activating group) is 8. The molecular weight excluding hydrogens is 1000 g/mol. The summed E-state index contributed by atoms with van der Waals surface area (Å²) in [4.78, 5) is 21.9. The fourth-order valence-corrected chi connectivity index (χ4v) is 8.40. The summed E-state index contributed by atoms with van der Waals surface area (Å²) >= 11 is 11.4. The molecule has 3 N–H and O–H groups in total. The van der Waals surface area contributed by atoms with Crippen LogP contribution in [0.15, 0.2) is 12.2 Å². The zero-order valence-corrected chi connectivity index (χ0v) is 52.7. The molecule has 7 atom stereocenters. The smallest absolute Gasteiger partial charge is 0.143 e. The van der Waals surface area contributed by atoms with Crippen molar-refractivity contribution in [1.29, 1.82) is 0 Å². The van der Waals surface area contributed by atoms with Crippen molar-refractivity contribution in [3.63, 3.8) is 0 Å². The molecule has 0 aromatic carbocycles. The number of β-amino-alcohol motifs (C(OH)–C–C–N with tert-alkyl or cyclic N) is 1. The molecule has 75 heavy (non-hydrogen) atoms. The van der Waals surface area contributed by atoms with Gasteiger partial charge in [0.2, 0.25) is 0 Å². The fourth-order valence-electron chi connectivity index (χ4n) is 7.89. The van der Waals surface area contributed by atoms with E-state index in [1.165, 1.54) is 37.7 Å². The first kappa shape index (κ1) is 76.7. The molecule has 8 fully saturated rings. The maximum atomic E-state index is 8.86. The van der Waals surface area contributed by atoms with Crippen molar-refractivity contribution in [2.75, 3.05) is 243 Å². The number of nitrogens with zero attached hydrogens (tertiary/aromatic N) is 10. The molecule has 1 aliphatic carbocycles. The molecule has 0 amide bonds. The highest BCUT2D eigenvalue weighted by Gasteiger charge is 2.23. The van der Waals surface area contributed by atoms with Gasteiger partial charge in [-0.2, -0.15) is 0 Å². The highest BCUT2D eigenvalue weighted by atomic mass is 35.5. The average Bonchev–Trinajstić information content (AvgIpc) is 3.82. The van der Waals surface area contributed by atoms with Crippen molar-refractivity contribution in [3.8, 4) is 0 Å². The zero-order chi connectivity index (χ0) is 57.3. The molecular formula is C55H120Cl2N10O8. The van der Waals surface area contributed by atoms with Crippen molar-refractivity contribution in [2.24, 2.45) is 5.92 Å². The number of hydrogen-bond donors (Lipinski definition) is 3. The van der Waals surface area contributed by atoms with E-state index in [-0.39, 0.29) is 17.2 Å². The Balaban J connectivity index is 0. The van der Waals surface area contributed by atoms with E-state index in [4.69, 9.17) is 62.2 Å².